The molecule has 5 heteroatoms. The largest absolute Gasteiger partial charge is 0.382 e. The molecule has 0 heterocycles. The Hall–Kier alpha value is -0.510. The lowest BCUT2D eigenvalue weighted by Crippen LogP contribution is -2.36. The second-order valence-corrected chi connectivity index (χ2v) is 5.60. The van der Waals surface area contributed by atoms with Gasteiger partial charge in [0.15, 0.2) is 5.82 Å². The molecule has 1 aromatic carbocycles. The molecule has 2 rings (SSSR count). The summed E-state index contributed by atoms with van der Waals surface area (Å²) in [6.45, 7) is 0.667. The molecule has 100 valence electrons. The molecule has 1 aliphatic rings. The van der Waals surface area contributed by atoms with Gasteiger partial charge in [-0.15, -0.1) is 0 Å². The van der Waals surface area contributed by atoms with Gasteiger partial charge in [0, 0.05) is 11.7 Å². The summed E-state index contributed by atoms with van der Waals surface area (Å²) < 4.78 is 13.3. The summed E-state index contributed by atoms with van der Waals surface area (Å²) >= 11 is 11.6. The number of nitrogens with one attached hydrogen (secondary N) is 1. The maximum atomic E-state index is 13.3. The molecule has 0 aromatic heterocycles. The standard InChI is InChI=1S/C13H17Cl2FN2/c14-10-5-9(6-11(15)13(10)16)18-12-4-2-1-3-8(12)7-17/h5-6,8,12,18H,1-4,7,17H2. The van der Waals surface area contributed by atoms with Crippen molar-refractivity contribution in [3.05, 3.63) is 28.0 Å². The molecule has 1 aliphatic carbocycles. The van der Waals surface area contributed by atoms with Gasteiger partial charge >= 0.3 is 0 Å². The molecule has 0 saturated heterocycles. The van der Waals surface area contributed by atoms with Gasteiger partial charge in [0.2, 0.25) is 0 Å². The minimum atomic E-state index is -0.567. The van der Waals surface area contributed by atoms with E-state index >= 15 is 0 Å². The van der Waals surface area contributed by atoms with Gasteiger partial charge < -0.3 is 11.1 Å². The second kappa shape index (κ2) is 6.09. The Morgan fingerprint density at radius 3 is 2.44 bits per heavy atom. The quantitative estimate of drug-likeness (QED) is 0.824. The average molecular weight is 291 g/mol. The summed E-state index contributed by atoms with van der Waals surface area (Å²) in [4.78, 5) is 0. The summed E-state index contributed by atoms with van der Waals surface area (Å²) in [6.07, 6.45) is 4.63. The minimum Gasteiger partial charge on any atom is -0.382 e. The van der Waals surface area contributed by atoms with Crippen molar-refractivity contribution in [2.24, 2.45) is 11.7 Å². The molecule has 0 spiro atoms. The first-order chi connectivity index (χ1) is 8.61. The van der Waals surface area contributed by atoms with Crippen LogP contribution in [-0.4, -0.2) is 12.6 Å². The summed E-state index contributed by atoms with van der Waals surface area (Å²) in [5, 5.41) is 3.47. The molecule has 2 atom stereocenters. The first-order valence-electron chi connectivity index (χ1n) is 6.23. The van der Waals surface area contributed by atoms with Crippen LogP contribution in [-0.2, 0) is 0 Å². The zero-order valence-corrected chi connectivity index (χ0v) is 11.6. The van der Waals surface area contributed by atoms with Crippen molar-refractivity contribution >= 4 is 28.9 Å². The first-order valence-corrected chi connectivity index (χ1v) is 6.98. The van der Waals surface area contributed by atoms with Crippen LogP contribution in [0.1, 0.15) is 25.7 Å². The van der Waals surface area contributed by atoms with Crippen molar-refractivity contribution in [1.82, 2.24) is 0 Å². The maximum Gasteiger partial charge on any atom is 0.160 e. The lowest BCUT2D eigenvalue weighted by molar-refractivity contribution is 0.332. The van der Waals surface area contributed by atoms with E-state index in [0.717, 1.165) is 18.5 Å². The van der Waals surface area contributed by atoms with Crippen molar-refractivity contribution < 1.29 is 4.39 Å². The number of rotatable bonds is 3. The summed E-state index contributed by atoms with van der Waals surface area (Å²) in [5.41, 5.74) is 6.54. The molecule has 0 aliphatic heterocycles. The van der Waals surface area contributed by atoms with Gasteiger partial charge in [0.05, 0.1) is 10.0 Å². The van der Waals surface area contributed by atoms with E-state index in [1.807, 2.05) is 0 Å². The van der Waals surface area contributed by atoms with E-state index in [9.17, 15) is 4.39 Å². The minimum absolute atomic E-state index is 0.0464. The highest BCUT2D eigenvalue weighted by Gasteiger charge is 2.24. The Kier molecular flexibility index (Phi) is 4.71. The van der Waals surface area contributed by atoms with Crippen LogP contribution >= 0.6 is 23.2 Å². The number of benzene rings is 1. The van der Waals surface area contributed by atoms with Gasteiger partial charge in [0.25, 0.3) is 0 Å². The van der Waals surface area contributed by atoms with Crippen LogP contribution in [0, 0.1) is 11.7 Å². The van der Waals surface area contributed by atoms with Gasteiger partial charge in [-0.3, -0.25) is 0 Å². The molecular formula is C13H17Cl2FN2. The van der Waals surface area contributed by atoms with Crippen LogP contribution in [0.3, 0.4) is 0 Å². The van der Waals surface area contributed by atoms with E-state index in [4.69, 9.17) is 28.9 Å². The lowest BCUT2D eigenvalue weighted by atomic mass is 9.84. The Morgan fingerprint density at radius 2 is 1.83 bits per heavy atom. The molecule has 2 unspecified atom stereocenters. The monoisotopic (exact) mass is 290 g/mol. The molecule has 1 fully saturated rings. The molecule has 0 radical (unpaired) electrons. The second-order valence-electron chi connectivity index (χ2n) is 4.78. The smallest absolute Gasteiger partial charge is 0.160 e. The van der Waals surface area contributed by atoms with E-state index in [2.05, 4.69) is 5.32 Å². The Balaban J connectivity index is 2.13. The summed E-state index contributed by atoms with van der Waals surface area (Å²) in [6, 6.07) is 3.47. The lowest BCUT2D eigenvalue weighted by Gasteiger charge is -2.32. The van der Waals surface area contributed by atoms with Gasteiger partial charge in [-0.25, -0.2) is 4.39 Å². The van der Waals surface area contributed by atoms with Crippen molar-refractivity contribution in [3.8, 4) is 0 Å². The molecule has 0 amide bonds. The van der Waals surface area contributed by atoms with E-state index in [1.54, 1.807) is 12.1 Å². The summed E-state index contributed by atoms with van der Waals surface area (Å²) in [7, 11) is 0. The van der Waals surface area contributed by atoms with E-state index in [-0.39, 0.29) is 10.0 Å². The third-order valence-electron chi connectivity index (χ3n) is 3.55. The third-order valence-corrected chi connectivity index (χ3v) is 4.10. The summed E-state index contributed by atoms with van der Waals surface area (Å²) in [5.74, 6) is -0.107. The maximum absolute atomic E-state index is 13.3. The average Bonchev–Trinajstić information content (AvgIpc) is 2.36. The number of nitrogens with two attached hydrogens (primary N) is 1. The predicted molar refractivity (Wildman–Crippen MR) is 74.8 cm³/mol. The first kappa shape index (κ1) is 13.9. The van der Waals surface area contributed by atoms with E-state index in [0.29, 0.717) is 18.5 Å². The fourth-order valence-corrected chi connectivity index (χ4v) is 3.02. The number of halogens is 3. The molecule has 1 aromatic rings. The molecule has 1 saturated carbocycles. The number of anilines is 1. The molecular weight excluding hydrogens is 274 g/mol. The van der Waals surface area contributed by atoms with Crippen LogP contribution < -0.4 is 11.1 Å². The molecule has 2 nitrogen and oxygen atoms in total. The fraction of sp³-hybridized carbons (Fsp3) is 0.538. The SMILES string of the molecule is NCC1CCCCC1Nc1cc(Cl)c(F)c(Cl)c1. The van der Waals surface area contributed by atoms with Gasteiger partial charge in [-0.2, -0.15) is 0 Å². The predicted octanol–water partition coefficient (Wildman–Crippen LogP) is 4.06. The normalized spacial score (nSPS) is 24.0. The van der Waals surface area contributed by atoms with Crippen LogP contribution in [0.2, 0.25) is 10.0 Å². The molecule has 3 N–H and O–H groups in total. The van der Waals surface area contributed by atoms with Crippen LogP contribution in [0.25, 0.3) is 0 Å². The van der Waals surface area contributed by atoms with Crippen molar-refractivity contribution in [3.63, 3.8) is 0 Å². The van der Waals surface area contributed by atoms with Gasteiger partial charge in [-0.05, 0) is 37.4 Å². The zero-order chi connectivity index (χ0) is 13.1. The highest BCUT2D eigenvalue weighted by atomic mass is 35.5. The van der Waals surface area contributed by atoms with Crippen molar-refractivity contribution in [1.29, 1.82) is 0 Å². The van der Waals surface area contributed by atoms with Gasteiger partial charge in [0.1, 0.15) is 0 Å². The number of hydrogen-bond donors (Lipinski definition) is 2. The Morgan fingerprint density at radius 1 is 1.22 bits per heavy atom. The fourth-order valence-electron chi connectivity index (χ4n) is 2.53. The van der Waals surface area contributed by atoms with Crippen molar-refractivity contribution in [2.45, 2.75) is 31.7 Å². The van der Waals surface area contributed by atoms with Crippen molar-refractivity contribution in [2.75, 3.05) is 11.9 Å². The molecule has 18 heavy (non-hydrogen) atoms. The topological polar surface area (TPSA) is 38.0 Å². The van der Waals surface area contributed by atoms with Crippen LogP contribution in [0.4, 0.5) is 10.1 Å². The highest BCUT2D eigenvalue weighted by molar-refractivity contribution is 6.35. The van der Waals surface area contributed by atoms with E-state index in [1.165, 1.54) is 12.8 Å². The Bertz CT molecular complexity index is 402. The van der Waals surface area contributed by atoms with Gasteiger partial charge in [-0.1, -0.05) is 36.0 Å². The number of hydrogen-bond acceptors (Lipinski definition) is 2. The van der Waals surface area contributed by atoms with Crippen LogP contribution in [0.5, 0.6) is 0 Å². The molecule has 0 bridgehead atoms. The third kappa shape index (κ3) is 3.08. The Labute approximate surface area is 117 Å². The van der Waals surface area contributed by atoms with E-state index < -0.39 is 5.82 Å². The highest BCUT2D eigenvalue weighted by Crippen LogP contribution is 2.31. The zero-order valence-electron chi connectivity index (χ0n) is 10.1. The van der Waals surface area contributed by atoms with Crippen LogP contribution in [0.15, 0.2) is 12.1 Å².